The Balaban J connectivity index is 1.59. The average molecular weight is 521 g/mol. The third-order valence-electron chi connectivity index (χ3n) is 5.76. The SMILES string of the molecule is O=C(CN(CC1CCCO1)S(=O)(=O)c1ccc(Cl)cc1)N(Cc1ccc(F)cc1)Cc1ccco1. The Morgan fingerprint density at radius 3 is 2.43 bits per heavy atom. The largest absolute Gasteiger partial charge is 0.467 e. The second-order valence-electron chi connectivity index (χ2n) is 8.34. The number of furan rings is 1. The zero-order valence-electron chi connectivity index (χ0n) is 19.0. The smallest absolute Gasteiger partial charge is 0.243 e. The monoisotopic (exact) mass is 520 g/mol. The van der Waals surface area contributed by atoms with Crippen molar-refractivity contribution < 1.29 is 26.8 Å². The second kappa shape index (κ2) is 11.3. The average Bonchev–Trinajstić information content (AvgIpc) is 3.54. The van der Waals surface area contributed by atoms with E-state index in [9.17, 15) is 17.6 Å². The van der Waals surface area contributed by atoms with Crippen molar-refractivity contribution in [3.05, 3.63) is 89.1 Å². The van der Waals surface area contributed by atoms with Crippen LogP contribution in [-0.2, 0) is 32.6 Å². The third kappa shape index (κ3) is 6.70. The summed E-state index contributed by atoms with van der Waals surface area (Å²) in [6.07, 6.45) is 2.76. The highest BCUT2D eigenvalue weighted by Crippen LogP contribution is 2.22. The summed E-state index contributed by atoms with van der Waals surface area (Å²) in [4.78, 5) is 15.0. The van der Waals surface area contributed by atoms with E-state index in [4.69, 9.17) is 20.8 Å². The van der Waals surface area contributed by atoms with Crippen LogP contribution in [0.25, 0.3) is 0 Å². The van der Waals surface area contributed by atoms with E-state index in [1.807, 2.05) is 0 Å². The van der Waals surface area contributed by atoms with Crippen LogP contribution in [0.2, 0.25) is 5.02 Å². The van der Waals surface area contributed by atoms with Crippen molar-refractivity contribution in [2.45, 2.75) is 36.9 Å². The first kappa shape index (κ1) is 25.4. The lowest BCUT2D eigenvalue weighted by Gasteiger charge is -2.28. The number of hydrogen-bond acceptors (Lipinski definition) is 5. The van der Waals surface area contributed by atoms with Crippen molar-refractivity contribution in [3.8, 4) is 0 Å². The summed E-state index contributed by atoms with van der Waals surface area (Å²) < 4.78 is 52.6. The number of amides is 1. The van der Waals surface area contributed by atoms with Gasteiger partial charge < -0.3 is 14.1 Å². The van der Waals surface area contributed by atoms with Gasteiger partial charge in [0, 0.05) is 24.7 Å². The van der Waals surface area contributed by atoms with Gasteiger partial charge >= 0.3 is 0 Å². The molecule has 1 unspecified atom stereocenters. The molecule has 0 saturated carbocycles. The van der Waals surface area contributed by atoms with Crippen LogP contribution >= 0.6 is 11.6 Å². The molecule has 0 radical (unpaired) electrons. The molecule has 2 heterocycles. The molecular formula is C25H26ClFN2O5S. The van der Waals surface area contributed by atoms with Gasteiger partial charge in [-0.1, -0.05) is 23.7 Å². The Morgan fingerprint density at radius 1 is 1.06 bits per heavy atom. The van der Waals surface area contributed by atoms with Gasteiger partial charge in [-0.3, -0.25) is 4.79 Å². The Labute approximate surface area is 209 Å². The lowest BCUT2D eigenvalue weighted by atomic mass is 10.2. The van der Waals surface area contributed by atoms with Crippen molar-refractivity contribution >= 4 is 27.5 Å². The number of benzene rings is 2. The minimum Gasteiger partial charge on any atom is -0.467 e. The third-order valence-corrected chi connectivity index (χ3v) is 7.84. The van der Waals surface area contributed by atoms with E-state index < -0.39 is 15.9 Å². The molecule has 0 N–H and O–H groups in total. The van der Waals surface area contributed by atoms with Gasteiger partial charge in [-0.2, -0.15) is 4.31 Å². The van der Waals surface area contributed by atoms with Gasteiger partial charge in [-0.05, 0) is 66.9 Å². The molecule has 0 spiro atoms. The van der Waals surface area contributed by atoms with Crippen LogP contribution in [0.4, 0.5) is 4.39 Å². The fourth-order valence-electron chi connectivity index (χ4n) is 3.90. The molecule has 0 aliphatic carbocycles. The molecule has 0 bridgehead atoms. The number of sulfonamides is 1. The summed E-state index contributed by atoms with van der Waals surface area (Å²) in [6.45, 7) is 0.531. The molecule has 1 fully saturated rings. The lowest BCUT2D eigenvalue weighted by Crippen LogP contribution is -2.45. The predicted molar refractivity (Wildman–Crippen MR) is 129 cm³/mol. The molecule has 186 valence electrons. The van der Waals surface area contributed by atoms with Gasteiger partial charge in [0.2, 0.25) is 15.9 Å². The molecule has 1 aliphatic heterocycles. The summed E-state index contributed by atoms with van der Waals surface area (Å²) in [7, 11) is -4.00. The van der Waals surface area contributed by atoms with Gasteiger partial charge in [0.05, 0.1) is 30.4 Å². The maximum absolute atomic E-state index is 13.5. The van der Waals surface area contributed by atoms with Gasteiger partial charge in [0.1, 0.15) is 11.6 Å². The molecule has 1 aromatic heterocycles. The summed E-state index contributed by atoms with van der Waals surface area (Å²) in [5.41, 5.74) is 0.706. The minimum atomic E-state index is -4.00. The normalized spacial score (nSPS) is 16.0. The van der Waals surface area contributed by atoms with Gasteiger partial charge in [0.15, 0.2) is 0 Å². The van der Waals surface area contributed by atoms with Crippen LogP contribution in [0.5, 0.6) is 0 Å². The molecule has 10 heteroatoms. The van der Waals surface area contributed by atoms with Crippen molar-refractivity contribution in [1.29, 1.82) is 0 Å². The molecule has 1 aliphatic rings. The highest BCUT2D eigenvalue weighted by Gasteiger charge is 2.32. The molecule has 4 rings (SSSR count). The van der Waals surface area contributed by atoms with E-state index >= 15 is 0 Å². The fourth-order valence-corrected chi connectivity index (χ4v) is 5.45. The zero-order valence-corrected chi connectivity index (χ0v) is 20.6. The number of nitrogens with zero attached hydrogens (tertiary/aromatic N) is 2. The maximum atomic E-state index is 13.5. The first-order valence-electron chi connectivity index (χ1n) is 11.2. The van der Waals surface area contributed by atoms with E-state index in [2.05, 4.69) is 0 Å². The van der Waals surface area contributed by atoms with Gasteiger partial charge in [-0.25, -0.2) is 12.8 Å². The minimum absolute atomic E-state index is 0.0452. The van der Waals surface area contributed by atoms with E-state index in [1.165, 1.54) is 47.6 Å². The van der Waals surface area contributed by atoms with Gasteiger partial charge in [0.25, 0.3) is 0 Å². The van der Waals surface area contributed by atoms with Crippen LogP contribution in [0.3, 0.4) is 0 Å². The molecule has 35 heavy (non-hydrogen) atoms. The Bertz CT molecular complexity index is 1210. The summed E-state index contributed by atoms with van der Waals surface area (Å²) in [5.74, 6) is -0.248. The van der Waals surface area contributed by atoms with Crippen molar-refractivity contribution in [2.75, 3.05) is 19.7 Å². The molecule has 7 nitrogen and oxygen atoms in total. The first-order valence-corrected chi connectivity index (χ1v) is 13.0. The molecule has 3 aromatic rings. The van der Waals surface area contributed by atoms with Crippen LogP contribution in [-0.4, -0.2) is 49.3 Å². The maximum Gasteiger partial charge on any atom is 0.243 e. The predicted octanol–water partition coefficient (Wildman–Crippen LogP) is 4.47. The highest BCUT2D eigenvalue weighted by molar-refractivity contribution is 7.89. The Kier molecular flexibility index (Phi) is 8.22. The second-order valence-corrected chi connectivity index (χ2v) is 10.7. The Morgan fingerprint density at radius 2 is 1.80 bits per heavy atom. The fraction of sp³-hybridized carbons (Fsp3) is 0.320. The number of halogens is 2. The van der Waals surface area contributed by atoms with Gasteiger partial charge in [-0.15, -0.1) is 0 Å². The Hall–Kier alpha value is -2.72. The molecular weight excluding hydrogens is 495 g/mol. The van der Waals surface area contributed by atoms with Crippen molar-refractivity contribution in [1.82, 2.24) is 9.21 Å². The van der Waals surface area contributed by atoms with E-state index in [0.29, 0.717) is 29.4 Å². The quantitative estimate of drug-likeness (QED) is 0.394. The lowest BCUT2D eigenvalue weighted by molar-refractivity contribution is -0.133. The first-order chi connectivity index (χ1) is 16.8. The molecule has 1 amide bonds. The number of ether oxygens (including phenoxy) is 1. The van der Waals surface area contributed by atoms with Crippen LogP contribution in [0.1, 0.15) is 24.2 Å². The van der Waals surface area contributed by atoms with Crippen LogP contribution < -0.4 is 0 Å². The topological polar surface area (TPSA) is 80.1 Å². The zero-order chi connectivity index (χ0) is 24.8. The van der Waals surface area contributed by atoms with Crippen molar-refractivity contribution in [3.63, 3.8) is 0 Å². The molecule has 1 atom stereocenters. The standard InChI is InChI=1S/C25H26ClFN2O5S/c26-20-7-11-24(12-8-20)35(31,32)29(17-23-4-2-14-34-23)18-25(30)28(16-22-3-1-13-33-22)15-19-5-9-21(27)10-6-19/h1,3,5-13,23H,2,4,14-18H2. The molecule has 2 aromatic carbocycles. The van der Waals surface area contributed by atoms with E-state index in [-0.39, 0.29) is 43.0 Å². The van der Waals surface area contributed by atoms with E-state index in [1.54, 1.807) is 24.3 Å². The molecule has 1 saturated heterocycles. The van der Waals surface area contributed by atoms with Crippen molar-refractivity contribution in [2.24, 2.45) is 0 Å². The van der Waals surface area contributed by atoms with Crippen LogP contribution in [0, 0.1) is 5.82 Å². The summed E-state index contributed by atoms with van der Waals surface area (Å²) >= 11 is 5.94. The highest BCUT2D eigenvalue weighted by atomic mass is 35.5. The number of hydrogen-bond donors (Lipinski definition) is 0. The summed E-state index contributed by atoms with van der Waals surface area (Å²) in [5, 5.41) is 0.412. The van der Waals surface area contributed by atoms with Crippen LogP contribution in [0.15, 0.2) is 76.2 Å². The number of carbonyl (C=O) groups excluding carboxylic acids is 1. The summed E-state index contributed by atoms with van der Waals surface area (Å²) in [6, 6.07) is 15.1. The number of carbonyl (C=O) groups is 1. The van der Waals surface area contributed by atoms with E-state index in [0.717, 1.165) is 10.7 Å². The number of rotatable bonds is 10.